The van der Waals surface area contributed by atoms with Crippen LogP contribution in [0.4, 0.5) is 5.69 Å². The summed E-state index contributed by atoms with van der Waals surface area (Å²) in [5.41, 5.74) is 3.73. The van der Waals surface area contributed by atoms with Crippen LogP contribution in [0.5, 0.6) is 0 Å². The van der Waals surface area contributed by atoms with Gasteiger partial charge in [0.25, 0.3) is 0 Å². The molecular formula is C16H16ClN3O. The monoisotopic (exact) mass is 301 g/mol. The number of hydrogen-bond donors (Lipinski definition) is 2. The molecule has 0 radical (unpaired) electrons. The van der Waals surface area contributed by atoms with E-state index in [2.05, 4.69) is 10.3 Å². The van der Waals surface area contributed by atoms with Crippen LogP contribution >= 0.6 is 11.6 Å². The van der Waals surface area contributed by atoms with E-state index in [4.69, 9.17) is 11.6 Å². The number of aromatic nitrogens is 2. The first-order chi connectivity index (χ1) is 10.2. The summed E-state index contributed by atoms with van der Waals surface area (Å²) in [6, 6.07) is 13.4. The van der Waals surface area contributed by atoms with Crippen molar-refractivity contribution in [3.63, 3.8) is 0 Å². The van der Waals surface area contributed by atoms with Crippen LogP contribution in [0.3, 0.4) is 0 Å². The first-order valence-corrected chi connectivity index (χ1v) is 7.10. The second kappa shape index (κ2) is 5.76. The third kappa shape index (κ3) is 2.73. The average molecular weight is 302 g/mol. The van der Waals surface area contributed by atoms with Gasteiger partial charge in [0.2, 0.25) is 0 Å². The number of fused-ring (bicyclic) bond motifs is 1. The summed E-state index contributed by atoms with van der Waals surface area (Å²) in [4.78, 5) is 4.60. The second-order valence-electron chi connectivity index (χ2n) is 4.89. The van der Waals surface area contributed by atoms with E-state index in [0.29, 0.717) is 11.6 Å². The van der Waals surface area contributed by atoms with Gasteiger partial charge in [-0.05, 0) is 24.3 Å². The SMILES string of the molecule is Cn1c(CNc2ccccc2CO)nc2cc(Cl)ccc21. The van der Waals surface area contributed by atoms with Crippen molar-refractivity contribution < 1.29 is 5.11 Å². The van der Waals surface area contributed by atoms with Crippen molar-refractivity contribution in [2.45, 2.75) is 13.2 Å². The summed E-state index contributed by atoms with van der Waals surface area (Å²) in [7, 11) is 1.98. The Bertz CT molecular complexity index is 782. The van der Waals surface area contributed by atoms with Crippen LogP contribution in [-0.2, 0) is 20.2 Å². The van der Waals surface area contributed by atoms with Crippen LogP contribution in [0.25, 0.3) is 11.0 Å². The smallest absolute Gasteiger partial charge is 0.128 e. The molecule has 1 aromatic heterocycles. The van der Waals surface area contributed by atoms with Crippen molar-refractivity contribution in [2.75, 3.05) is 5.32 Å². The van der Waals surface area contributed by atoms with Crippen molar-refractivity contribution in [1.82, 2.24) is 9.55 Å². The minimum absolute atomic E-state index is 0.0152. The van der Waals surface area contributed by atoms with Gasteiger partial charge in [-0.3, -0.25) is 0 Å². The Labute approximate surface area is 128 Å². The van der Waals surface area contributed by atoms with Crippen molar-refractivity contribution in [3.8, 4) is 0 Å². The topological polar surface area (TPSA) is 50.1 Å². The maximum Gasteiger partial charge on any atom is 0.128 e. The number of anilines is 1. The van der Waals surface area contributed by atoms with Gasteiger partial charge < -0.3 is 15.0 Å². The number of aryl methyl sites for hydroxylation is 1. The molecule has 21 heavy (non-hydrogen) atoms. The lowest BCUT2D eigenvalue weighted by molar-refractivity contribution is 0.282. The van der Waals surface area contributed by atoms with Gasteiger partial charge in [-0.1, -0.05) is 29.8 Å². The highest BCUT2D eigenvalue weighted by Gasteiger charge is 2.08. The lowest BCUT2D eigenvalue weighted by Gasteiger charge is -2.10. The number of aliphatic hydroxyl groups excluding tert-OH is 1. The molecule has 0 unspecified atom stereocenters. The van der Waals surface area contributed by atoms with E-state index in [0.717, 1.165) is 28.1 Å². The lowest BCUT2D eigenvalue weighted by atomic mass is 10.2. The molecule has 0 spiro atoms. The summed E-state index contributed by atoms with van der Waals surface area (Å²) in [6.07, 6.45) is 0. The van der Waals surface area contributed by atoms with Crippen LogP contribution in [0.1, 0.15) is 11.4 Å². The number of nitrogens with one attached hydrogen (secondary N) is 1. The van der Waals surface area contributed by atoms with Gasteiger partial charge in [0, 0.05) is 23.3 Å². The molecule has 0 saturated heterocycles. The molecule has 0 aliphatic rings. The first kappa shape index (κ1) is 13.9. The third-order valence-corrected chi connectivity index (χ3v) is 3.80. The molecule has 0 amide bonds. The molecule has 0 fully saturated rings. The number of nitrogens with zero attached hydrogens (tertiary/aromatic N) is 2. The minimum atomic E-state index is 0.0152. The Kier molecular flexibility index (Phi) is 3.82. The highest BCUT2D eigenvalue weighted by Crippen LogP contribution is 2.21. The fourth-order valence-electron chi connectivity index (χ4n) is 2.39. The molecule has 0 aliphatic carbocycles. The van der Waals surface area contributed by atoms with Gasteiger partial charge in [-0.2, -0.15) is 0 Å². The Hall–Kier alpha value is -2.04. The van der Waals surface area contributed by atoms with Gasteiger partial charge >= 0.3 is 0 Å². The summed E-state index contributed by atoms with van der Waals surface area (Å²) in [5.74, 6) is 0.917. The standard InChI is InChI=1S/C16H16ClN3O/c1-20-15-7-6-12(17)8-14(15)19-16(20)9-18-13-5-3-2-4-11(13)10-21/h2-8,18,21H,9-10H2,1H3. The predicted octanol–water partition coefficient (Wildman–Crippen LogP) is 3.33. The minimum Gasteiger partial charge on any atom is -0.392 e. The zero-order valence-electron chi connectivity index (χ0n) is 11.7. The molecule has 3 rings (SSSR count). The van der Waals surface area contributed by atoms with E-state index >= 15 is 0 Å². The molecule has 108 valence electrons. The predicted molar refractivity (Wildman–Crippen MR) is 85.4 cm³/mol. The molecule has 4 nitrogen and oxygen atoms in total. The van der Waals surface area contributed by atoms with Crippen LogP contribution in [0.15, 0.2) is 42.5 Å². The highest BCUT2D eigenvalue weighted by molar-refractivity contribution is 6.31. The second-order valence-corrected chi connectivity index (χ2v) is 5.33. The van der Waals surface area contributed by atoms with Crippen molar-refractivity contribution in [3.05, 3.63) is 58.9 Å². The molecule has 0 atom stereocenters. The Morgan fingerprint density at radius 1 is 1.24 bits per heavy atom. The van der Waals surface area contributed by atoms with Gasteiger partial charge in [-0.15, -0.1) is 0 Å². The molecule has 2 aromatic carbocycles. The van der Waals surface area contributed by atoms with E-state index < -0.39 is 0 Å². The van der Waals surface area contributed by atoms with E-state index in [1.807, 2.05) is 54.1 Å². The van der Waals surface area contributed by atoms with Gasteiger partial charge in [-0.25, -0.2) is 4.98 Å². The fraction of sp³-hybridized carbons (Fsp3) is 0.188. The highest BCUT2D eigenvalue weighted by atomic mass is 35.5. The van der Waals surface area contributed by atoms with E-state index in [9.17, 15) is 5.11 Å². The molecule has 5 heteroatoms. The molecule has 3 aromatic rings. The summed E-state index contributed by atoms with van der Waals surface area (Å²) >= 11 is 6.00. The Morgan fingerprint density at radius 3 is 2.86 bits per heavy atom. The third-order valence-electron chi connectivity index (χ3n) is 3.56. The van der Waals surface area contributed by atoms with Gasteiger partial charge in [0.15, 0.2) is 0 Å². The Morgan fingerprint density at radius 2 is 2.05 bits per heavy atom. The van der Waals surface area contributed by atoms with Crippen molar-refractivity contribution >= 4 is 28.3 Å². The van der Waals surface area contributed by atoms with Crippen molar-refractivity contribution in [1.29, 1.82) is 0 Å². The van der Waals surface area contributed by atoms with Gasteiger partial charge in [0.05, 0.1) is 24.2 Å². The van der Waals surface area contributed by atoms with Crippen LogP contribution in [0.2, 0.25) is 5.02 Å². The Balaban J connectivity index is 1.87. The summed E-state index contributed by atoms with van der Waals surface area (Å²) < 4.78 is 2.04. The van der Waals surface area contributed by atoms with Crippen LogP contribution < -0.4 is 5.32 Å². The van der Waals surface area contributed by atoms with E-state index in [1.165, 1.54) is 0 Å². The number of aliphatic hydroxyl groups is 1. The van der Waals surface area contributed by atoms with Crippen LogP contribution in [0, 0.1) is 0 Å². The number of rotatable bonds is 4. The number of halogens is 1. The van der Waals surface area contributed by atoms with Gasteiger partial charge in [0.1, 0.15) is 5.82 Å². The molecule has 2 N–H and O–H groups in total. The van der Waals surface area contributed by atoms with Crippen molar-refractivity contribution in [2.24, 2.45) is 7.05 Å². The lowest BCUT2D eigenvalue weighted by Crippen LogP contribution is -2.07. The first-order valence-electron chi connectivity index (χ1n) is 6.72. The maximum atomic E-state index is 9.34. The zero-order valence-corrected chi connectivity index (χ0v) is 12.4. The van der Waals surface area contributed by atoms with E-state index in [-0.39, 0.29) is 6.61 Å². The quantitative estimate of drug-likeness (QED) is 0.777. The number of para-hydroxylation sites is 1. The zero-order chi connectivity index (χ0) is 14.8. The molecule has 0 saturated carbocycles. The number of benzene rings is 2. The number of hydrogen-bond acceptors (Lipinski definition) is 3. The maximum absolute atomic E-state index is 9.34. The number of imidazole rings is 1. The molecular weight excluding hydrogens is 286 g/mol. The molecule has 0 aliphatic heterocycles. The fourth-order valence-corrected chi connectivity index (χ4v) is 2.55. The normalized spacial score (nSPS) is 11.0. The molecule has 0 bridgehead atoms. The largest absolute Gasteiger partial charge is 0.392 e. The average Bonchev–Trinajstić information content (AvgIpc) is 2.81. The van der Waals surface area contributed by atoms with Crippen LogP contribution in [-0.4, -0.2) is 14.7 Å². The summed E-state index contributed by atoms with van der Waals surface area (Å²) in [6.45, 7) is 0.598. The van der Waals surface area contributed by atoms with E-state index in [1.54, 1.807) is 0 Å². The summed E-state index contributed by atoms with van der Waals surface area (Å²) in [5, 5.41) is 13.3. The molecule has 1 heterocycles.